The molecule has 2 N–H and O–H groups in total. The molecule has 0 unspecified atom stereocenters. The van der Waals surface area contributed by atoms with E-state index < -0.39 is 12.0 Å². The molecule has 7 nitrogen and oxygen atoms in total. The van der Waals surface area contributed by atoms with Crippen LogP contribution in [-0.2, 0) is 38.5 Å². The smallest absolute Gasteiger partial charge is 0.309 e. The molecule has 2 aliphatic rings. The van der Waals surface area contributed by atoms with E-state index in [1.54, 1.807) is 4.90 Å². The minimum absolute atomic E-state index is 0.0406. The SMILES string of the molecule is CC(C)(C)[C@H]1COC(=O)[C@H](Cc2ccccc2)CC=CC[C@H](CC(=O)N2Cc3ccccc3C[C@H]2CO)C(=O)N1. The number of amides is 2. The van der Waals surface area contributed by atoms with Crippen LogP contribution in [0.2, 0.25) is 0 Å². The van der Waals surface area contributed by atoms with Gasteiger partial charge in [-0.1, -0.05) is 87.5 Å². The summed E-state index contributed by atoms with van der Waals surface area (Å²) in [6.45, 7) is 6.35. The Kier molecular flexibility index (Phi) is 9.80. The molecule has 2 heterocycles. The predicted octanol–water partition coefficient (Wildman–Crippen LogP) is 4.22. The summed E-state index contributed by atoms with van der Waals surface area (Å²) in [5.74, 6) is -1.56. The van der Waals surface area contributed by atoms with Crippen LogP contribution in [-0.4, -0.2) is 53.1 Å². The normalized spacial score (nSPS) is 24.2. The number of nitrogens with one attached hydrogen (secondary N) is 1. The zero-order chi connectivity index (χ0) is 28.7. The molecule has 4 atom stereocenters. The third-order valence-corrected chi connectivity index (χ3v) is 8.10. The number of aliphatic hydroxyl groups excluding tert-OH is 1. The number of aliphatic hydroxyl groups is 1. The maximum atomic E-state index is 13.6. The van der Waals surface area contributed by atoms with Gasteiger partial charge in [0.15, 0.2) is 0 Å². The number of nitrogens with zero attached hydrogens (tertiary/aromatic N) is 1. The van der Waals surface area contributed by atoms with E-state index in [2.05, 4.69) is 5.32 Å². The van der Waals surface area contributed by atoms with Crippen LogP contribution in [0.3, 0.4) is 0 Å². The van der Waals surface area contributed by atoms with Gasteiger partial charge >= 0.3 is 5.97 Å². The van der Waals surface area contributed by atoms with Crippen molar-refractivity contribution >= 4 is 17.8 Å². The van der Waals surface area contributed by atoms with E-state index in [4.69, 9.17) is 4.74 Å². The Hall–Kier alpha value is -3.45. The Labute approximate surface area is 237 Å². The Morgan fingerprint density at radius 1 is 0.975 bits per heavy atom. The van der Waals surface area contributed by atoms with Crippen molar-refractivity contribution in [1.29, 1.82) is 0 Å². The summed E-state index contributed by atoms with van der Waals surface area (Å²) in [4.78, 5) is 41.9. The van der Waals surface area contributed by atoms with E-state index in [9.17, 15) is 19.5 Å². The molecule has 2 amide bonds. The zero-order valence-electron chi connectivity index (χ0n) is 23.8. The minimum Gasteiger partial charge on any atom is -0.463 e. The second-order valence-electron chi connectivity index (χ2n) is 12.1. The second kappa shape index (κ2) is 13.3. The van der Waals surface area contributed by atoms with Gasteiger partial charge in [0.1, 0.15) is 6.61 Å². The number of allylic oxidation sites excluding steroid dienone is 2. The summed E-state index contributed by atoms with van der Waals surface area (Å²) in [5, 5.41) is 13.1. The van der Waals surface area contributed by atoms with Crippen molar-refractivity contribution in [1.82, 2.24) is 10.2 Å². The maximum absolute atomic E-state index is 13.6. The second-order valence-corrected chi connectivity index (χ2v) is 12.1. The van der Waals surface area contributed by atoms with Gasteiger partial charge in [-0.15, -0.1) is 0 Å². The molecule has 2 aromatic rings. The highest BCUT2D eigenvalue weighted by Gasteiger charge is 2.35. The quantitative estimate of drug-likeness (QED) is 0.433. The number of ether oxygens (including phenoxy) is 1. The van der Waals surface area contributed by atoms with Crippen molar-refractivity contribution in [3.05, 3.63) is 83.4 Å². The number of hydrogen-bond acceptors (Lipinski definition) is 5. The standard InChI is InChI=1S/C33H42N2O5/c1-33(2,3)29-22-40-32(39)26(17-23-11-5-4-6-12-23)15-9-8-14-25(31(38)34-29)19-30(37)35-20-27-16-10-7-13-24(27)18-28(35)21-36/h4-13,16,25-26,28-29,36H,14-15,17-22H2,1-3H3,(H,34,38)/t25-,26+,28+,29-/m1/s1. The van der Waals surface area contributed by atoms with E-state index >= 15 is 0 Å². The van der Waals surface area contributed by atoms with Crippen LogP contribution in [0.1, 0.15) is 56.7 Å². The fraction of sp³-hybridized carbons (Fsp3) is 0.485. The van der Waals surface area contributed by atoms with E-state index in [1.165, 1.54) is 0 Å². The molecule has 0 saturated carbocycles. The predicted molar refractivity (Wildman–Crippen MR) is 154 cm³/mol. The molecule has 7 heteroatoms. The first-order chi connectivity index (χ1) is 19.2. The molecule has 0 aliphatic carbocycles. The summed E-state index contributed by atoms with van der Waals surface area (Å²) < 4.78 is 5.77. The number of fused-ring (bicyclic) bond motifs is 1. The molecule has 0 aromatic heterocycles. The number of hydrogen-bond donors (Lipinski definition) is 2. The molecule has 0 saturated heterocycles. The van der Waals surface area contributed by atoms with E-state index in [0.717, 1.165) is 16.7 Å². The van der Waals surface area contributed by atoms with Crippen molar-refractivity contribution in [3.8, 4) is 0 Å². The molecule has 0 radical (unpaired) electrons. The molecule has 2 aromatic carbocycles. The van der Waals surface area contributed by atoms with Crippen LogP contribution in [0.4, 0.5) is 0 Å². The molecule has 214 valence electrons. The number of benzene rings is 2. The fourth-order valence-electron chi connectivity index (χ4n) is 5.42. The van der Waals surface area contributed by atoms with Gasteiger partial charge < -0.3 is 20.1 Å². The minimum atomic E-state index is -0.576. The Morgan fingerprint density at radius 3 is 2.30 bits per heavy atom. The van der Waals surface area contributed by atoms with Crippen LogP contribution >= 0.6 is 0 Å². The van der Waals surface area contributed by atoms with Crippen LogP contribution in [0.5, 0.6) is 0 Å². The first kappa shape index (κ1) is 29.5. The van der Waals surface area contributed by atoms with Crippen LogP contribution in [0.25, 0.3) is 0 Å². The topological polar surface area (TPSA) is 95.9 Å². The lowest BCUT2D eigenvalue weighted by Gasteiger charge is -2.37. The average Bonchev–Trinajstić information content (AvgIpc) is 2.94. The first-order valence-corrected chi connectivity index (χ1v) is 14.3. The van der Waals surface area contributed by atoms with Gasteiger partial charge in [-0.3, -0.25) is 14.4 Å². The molecular formula is C33H42N2O5. The molecular weight excluding hydrogens is 504 g/mol. The summed E-state index contributed by atoms with van der Waals surface area (Å²) in [7, 11) is 0. The third kappa shape index (κ3) is 7.60. The lowest BCUT2D eigenvalue weighted by molar-refractivity contribution is -0.151. The van der Waals surface area contributed by atoms with Crippen LogP contribution < -0.4 is 5.32 Å². The molecule has 0 spiro atoms. The molecule has 2 aliphatic heterocycles. The molecule has 40 heavy (non-hydrogen) atoms. The lowest BCUT2D eigenvalue weighted by atomic mass is 9.86. The van der Waals surface area contributed by atoms with Crippen molar-refractivity contribution in [2.24, 2.45) is 17.3 Å². The Morgan fingerprint density at radius 2 is 1.62 bits per heavy atom. The van der Waals surface area contributed by atoms with Gasteiger partial charge in [-0.2, -0.15) is 0 Å². The molecule has 0 bridgehead atoms. The number of cyclic esters (lactones) is 1. The van der Waals surface area contributed by atoms with Crippen LogP contribution in [0, 0.1) is 17.3 Å². The van der Waals surface area contributed by atoms with Crippen molar-refractivity contribution < 1.29 is 24.2 Å². The van der Waals surface area contributed by atoms with Gasteiger partial charge in [0.2, 0.25) is 11.8 Å². The van der Waals surface area contributed by atoms with Gasteiger partial charge in [-0.25, -0.2) is 0 Å². The third-order valence-electron chi connectivity index (χ3n) is 8.10. The highest BCUT2D eigenvalue weighted by molar-refractivity contribution is 5.86. The number of rotatable bonds is 5. The number of esters is 1. The van der Waals surface area contributed by atoms with Gasteiger partial charge in [0.05, 0.1) is 30.5 Å². The van der Waals surface area contributed by atoms with Crippen molar-refractivity contribution in [2.75, 3.05) is 13.2 Å². The highest BCUT2D eigenvalue weighted by Crippen LogP contribution is 2.27. The Balaban J connectivity index is 1.53. The van der Waals surface area contributed by atoms with Crippen molar-refractivity contribution in [2.45, 2.75) is 71.5 Å². The van der Waals surface area contributed by atoms with Crippen LogP contribution in [0.15, 0.2) is 66.7 Å². The zero-order valence-corrected chi connectivity index (χ0v) is 23.8. The van der Waals surface area contributed by atoms with E-state index in [-0.39, 0.29) is 54.8 Å². The summed E-state index contributed by atoms with van der Waals surface area (Å²) in [6, 6.07) is 17.1. The first-order valence-electron chi connectivity index (χ1n) is 14.3. The molecule has 4 rings (SSSR count). The monoisotopic (exact) mass is 546 g/mol. The maximum Gasteiger partial charge on any atom is 0.309 e. The lowest BCUT2D eigenvalue weighted by Crippen LogP contribution is -2.51. The van der Waals surface area contributed by atoms with E-state index in [0.29, 0.717) is 32.2 Å². The van der Waals surface area contributed by atoms with Gasteiger partial charge in [0, 0.05) is 13.0 Å². The summed E-state index contributed by atoms with van der Waals surface area (Å²) in [6.07, 6.45) is 5.91. The summed E-state index contributed by atoms with van der Waals surface area (Å²) >= 11 is 0. The summed E-state index contributed by atoms with van der Waals surface area (Å²) in [5.41, 5.74) is 2.92. The average molecular weight is 547 g/mol. The van der Waals surface area contributed by atoms with E-state index in [1.807, 2.05) is 87.5 Å². The Bertz CT molecular complexity index is 1200. The fourth-order valence-corrected chi connectivity index (χ4v) is 5.42. The number of carbonyl (C=O) groups is 3. The van der Waals surface area contributed by atoms with Gasteiger partial charge in [-0.05, 0) is 47.8 Å². The van der Waals surface area contributed by atoms with Gasteiger partial charge in [0.25, 0.3) is 0 Å². The number of carbonyl (C=O) groups excluding carboxylic acids is 3. The largest absolute Gasteiger partial charge is 0.463 e. The highest BCUT2D eigenvalue weighted by atomic mass is 16.5. The molecule has 0 fully saturated rings. The van der Waals surface area contributed by atoms with Crippen molar-refractivity contribution in [3.63, 3.8) is 0 Å².